The van der Waals surface area contributed by atoms with E-state index in [1.165, 1.54) is 0 Å². The number of hydrogen-bond donors (Lipinski definition) is 0. The molecule has 5 heteroatoms. The number of fused-ring (bicyclic) bond motifs is 1. The minimum absolute atomic E-state index is 0.0970. The molecule has 0 bridgehead atoms. The second-order valence-electron chi connectivity index (χ2n) is 5.47. The highest BCUT2D eigenvalue weighted by molar-refractivity contribution is 6.30. The fraction of sp³-hybridized carbons (Fsp3) is 0.0526. The molecule has 0 aliphatic carbocycles. The predicted molar refractivity (Wildman–Crippen MR) is 94.3 cm³/mol. The van der Waals surface area contributed by atoms with Crippen molar-refractivity contribution in [2.45, 2.75) is 6.54 Å². The standard InChI is InChI=1S/C19H13ClN2O2/c20-14-5-1-4-13(10-14)17-12-22(11-15-6-3-9-24-15)19(23)16-7-2-8-21-18(16)17/h1-10,12H,11H2. The number of furan rings is 1. The highest BCUT2D eigenvalue weighted by Crippen LogP contribution is 2.27. The molecule has 0 aliphatic heterocycles. The molecule has 0 N–H and O–H groups in total. The third-order valence-corrected chi connectivity index (χ3v) is 4.12. The molecular formula is C19H13ClN2O2. The quantitative estimate of drug-likeness (QED) is 0.558. The van der Waals surface area contributed by atoms with Crippen molar-refractivity contribution >= 4 is 22.5 Å². The summed E-state index contributed by atoms with van der Waals surface area (Å²) in [4.78, 5) is 17.2. The molecule has 24 heavy (non-hydrogen) atoms. The lowest BCUT2D eigenvalue weighted by Crippen LogP contribution is -2.21. The van der Waals surface area contributed by atoms with Gasteiger partial charge in [0.25, 0.3) is 5.56 Å². The van der Waals surface area contributed by atoms with Crippen LogP contribution >= 0.6 is 11.6 Å². The molecule has 0 radical (unpaired) electrons. The van der Waals surface area contributed by atoms with E-state index >= 15 is 0 Å². The van der Waals surface area contributed by atoms with Gasteiger partial charge >= 0.3 is 0 Å². The van der Waals surface area contributed by atoms with E-state index in [1.807, 2.05) is 36.5 Å². The van der Waals surface area contributed by atoms with Crippen LogP contribution in [0.4, 0.5) is 0 Å². The second kappa shape index (κ2) is 5.98. The van der Waals surface area contributed by atoms with Crippen LogP contribution < -0.4 is 5.56 Å². The maximum atomic E-state index is 12.8. The van der Waals surface area contributed by atoms with Crippen molar-refractivity contribution in [3.63, 3.8) is 0 Å². The zero-order valence-corrected chi connectivity index (χ0v) is 13.4. The molecule has 0 aliphatic rings. The summed E-state index contributed by atoms with van der Waals surface area (Å²) in [7, 11) is 0. The molecule has 0 amide bonds. The van der Waals surface area contributed by atoms with Gasteiger partial charge in [0.15, 0.2) is 0 Å². The summed E-state index contributed by atoms with van der Waals surface area (Å²) in [6, 6.07) is 14.7. The molecule has 3 heterocycles. The fourth-order valence-electron chi connectivity index (χ4n) is 2.78. The number of hydrogen-bond acceptors (Lipinski definition) is 3. The van der Waals surface area contributed by atoms with E-state index in [4.69, 9.17) is 16.0 Å². The van der Waals surface area contributed by atoms with E-state index in [0.717, 1.165) is 16.9 Å². The van der Waals surface area contributed by atoms with Crippen molar-refractivity contribution in [2.24, 2.45) is 0 Å². The highest BCUT2D eigenvalue weighted by atomic mass is 35.5. The molecule has 0 saturated heterocycles. The topological polar surface area (TPSA) is 48.0 Å². The average Bonchev–Trinajstić information content (AvgIpc) is 3.10. The van der Waals surface area contributed by atoms with Crippen LogP contribution in [-0.2, 0) is 6.54 Å². The van der Waals surface area contributed by atoms with Crippen molar-refractivity contribution in [1.29, 1.82) is 0 Å². The Hall–Kier alpha value is -2.85. The third kappa shape index (κ3) is 2.61. The summed E-state index contributed by atoms with van der Waals surface area (Å²) >= 11 is 6.13. The van der Waals surface area contributed by atoms with Crippen LogP contribution in [0.3, 0.4) is 0 Å². The van der Waals surface area contributed by atoms with E-state index in [0.29, 0.717) is 22.5 Å². The fourth-order valence-corrected chi connectivity index (χ4v) is 2.97. The first-order valence-corrected chi connectivity index (χ1v) is 7.87. The van der Waals surface area contributed by atoms with Crippen molar-refractivity contribution in [2.75, 3.05) is 0 Å². The lowest BCUT2D eigenvalue weighted by Gasteiger charge is -2.11. The Morgan fingerprint density at radius 2 is 2.04 bits per heavy atom. The monoisotopic (exact) mass is 336 g/mol. The molecule has 0 saturated carbocycles. The Labute approximate surface area is 143 Å². The normalized spacial score (nSPS) is 11.0. The number of aromatic nitrogens is 2. The van der Waals surface area contributed by atoms with Crippen LogP contribution in [0.2, 0.25) is 5.02 Å². The molecule has 4 aromatic rings. The van der Waals surface area contributed by atoms with E-state index in [1.54, 1.807) is 35.2 Å². The smallest absolute Gasteiger partial charge is 0.260 e. The van der Waals surface area contributed by atoms with Crippen LogP contribution in [0.25, 0.3) is 22.0 Å². The van der Waals surface area contributed by atoms with Crippen LogP contribution in [0, 0.1) is 0 Å². The van der Waals surface area contributed by atoms with Crippen LogP contribution in [0.15, 0.2) is 76.4 Å². The van der Waals surface area contributed by atoms with Gasteiger partial charge in [-0.2, -0.15) is 0 Å². The predicted octanol–water partition coefficient (Wildman–Crippen LogP) is 4.36. The van der Waals surface area contributed by atoms with Gasteiger partial charge in [0, 0.05) is 23.0 Å². The zero-order chi connectivity index (χ0) is 16.5. The maximum absolute atomic E-state index is 12.8. The molecular weight excluding hydrogens is 324 g/mol. The van der Waals surface area contributed by atoms with Gasteiger partial charge in [0.2, 0.25) is 0 Å². The van der Waals surface area contributed by atoms with Crippen molar-refractivity contribution in [1.82, 2.24) is 9.55 Å². The van der Waals surface area contributed by atoms with Gasteiger partial charge in [-0.1, -0.05) is 23.7 Å². The number of benzene rings is 1. The largest absolute Gasteiger partial charge is 0.467 e. The zero-order valence-electron chi connectivity index (χ0n) is 12.6. The number of rotatable bonds is 3. The number of halogens is 1. The van der Waals surface area contributed by atoms with Gasteiger partial charge in [-0.05, 0) is 42.0 Å². The maximum Gasteiger partial charge on any atom is 0.260 e. The molecule has 0 fully saturated rings. The molecule has 4 rings (SSSR count). The molecule has 4 nitrogen and oxygen atoms in total. The first kappa shape index (κ1) is 14.7. The first-order chi connectivity index (χ1) is 11.7. The van der Waals surface area contributed by atoms with Gasteiger partial charge in [-0.3, -0.25) is 9.78 Å². The SMILES string of the molecule is O=c1c2cccnc2c(-c2cccc(Cl)c2)cn1Cc1ccco1. The van der Waals surface area contributed by atoms with E-state index < -0.39 is 0 Å². The van der Waals surface area contributed by atoms with Gasteiger partial charge in [0.1, 0.15) is 5.76 Å². The summed E-state index contributed by atoms with van der Waals surface area (Å²) in [6.45, 7) is 0.365. The highest BCUT2D eigenvalue weighted by Gasteiger charge is 2.12. The Kier molecular flexibility index (Phi) is 3.67. The Balaban J connectivity index is 1.98. The molecule has 0 unspecified atom stereocenters. The van der Waals surface area contributed by atoms with Gasteiger partial charge in [0.05, 0.1) is 23.7 Å². The van der Waals surface area contributed by atoms with Crippen molar-refractivity contribution in [3.05, 3.63) is 88.3 Å². The molecule has 1 aromatic carbocycles. The summed E-state index contributed by atoms with van der Waals surface area (Å²) in [5, 5.41) is 1.21. The summed E-state index contributed by atoms with van der Waals surface area (Å²) in [5.74, 6) is 0.720. The summed E-state index contributed by atoms with van der Waals surface area (Å²) < 4.78 is 7.01. The molecule has 3 aromatic heterocycles. The van der Waals surface area contributed by atoms with E-state index in [2.05, 4.69) is 4.98 Å². The minimum Gasteiger partial charge on any atom is -0.467 e. The molecule has 0 spiro atoms. The first-order valence-electron chi connectivity index (χ1n) is 7.49. The van der Waals surface area contributed by atoms with Crippen molar-refractivity contribution in [3.8, 4) is 11.1 Å². The number of nitrogens with zero attached hydrogens (tertiary/aromatic N) is 2. The van der Waals surface area contributed by atoms with Crippen molar-refractivity contribution < 1.29 is 4.42 Å². The van der Waals surface area contributed by atoms with E-state index in [-0.39, 0.29) is 5.56 Å². The van der Waals surface area contributed by atoms with Gasteiger partial charge in [-0.15, -0.1) is 0 Å². The Bertz CT molecular complexity index is 1070. The van der Waals surface area contributed by atoms with Gasteiger partial charge in [-0.25, -0.2) is 0 Å². The minimum atomic E-state index is -0.0970. The summed E-state index contributed by atoms with van der Waals surface area (Å²) in [5.41, 5.74) is 2.35. The summed E-state index contributed by atoms with van der Waals surface area (Å²) in [6.07, 6.45) is 5.10. The molecule has 0 atom stereocenters. The third-order valence-electron chi connectivity index (χ3n) is 3.88. The lowest BCUT2D eigenvalue weighted by atomic mass is 10.0. The van der Waals surface area contributed by atoms with Crippen LogP contribution in [0.1, 0.15) is 5.76 Å². The Morgan fingerprint density at radius 1 is 1.12 bits per heavy atom. The van der Waals surface area contributed by atoms with Gasteiger partial charge < -0.3 is 8.98 Å². The lowest BCUT2D eigenvalue weighted by molar-refractivity contribution is 0.490. The Morgan fingerprint density at radius 3 is 2.83 bits per heavy atom. The molecule has 118 valence electrons. The number of pyridine rings is 2. The van der Waals surface area contributed by atoms with Crippen LogP contribution in [-0.4, -0.2) is 9.55 Å². The van der Waals surface area contributed by atoms with Crippen LogP contribution in [0.5, 0.6) is 0 Å². The van der Waals surface area contributed by atoms with E-state index in [9.17, 15) is 4.79 Å². The second-order valence-corrected chi connectivity index (χ2v) is 5.90. The average molecular weight is 337 g/mol.